The van der Waals surface area contributed by atoms with Gasteiger partial charge in [-0.25, -0.2) is 0 Å². The number of halogens is 2. The summed E-state index contributed by atoms with van der Waals surface area (Å²) < 4.78 is 8.26. The first-order valence-electron chi connectivity index (χ1n) is 4.90. The highest BCUT2D eigenvalue weighted by Gasteiger charge is 2.61. The van der Waals surface area contributed by atoms with E-state index in [0.29, 0.717) is 12.2 Å². The van der Waals surface area contributed by atoms with Crippen molar-refractivity contribution in [3.63, 3.8) is 0 Å². The zero-order valence-corrected chi connectivity index (χ0v) is 10.5. The summed E-state index contributed by atoms with van der Waals surface area (Å²) in [6.45, 7) is 0. The smallest absolute Gasteiger partial charge is 0.0869 e. The van der Waals surface area contributed by atoms with E-state index in [4.69, 9.17) is 4.74 Å². The highest BCUT2D eigenvalue weighted by Crippen LogP contribution is 2.69. The van der Waals surface area contributed by atoms with Crippen LogP contribution in [-0.4, -0.2) is 0 Å². The monoisotopic (exact) mass is 314 g/mol. The first-order valence-corrected chi connectivity index (χ1v) is 6.48. The minimum Gasteiger partial charge on any atom is -0.365 e. The zero-order chi connectivity index (χ0) is 9.45. The van der Waals surface area contributed by atoms with Crippen LogP contribution in [0.4, 0.5) is 0 Å². The fraction of sp³-hybridized carbons (Fsp3) is 0.455. The molecule has 14 heavy (non-hydrogen) atoms. The fourth-order valence-electron chi connectivity index (χ4n) is 2.97. The SMILES string of the molecule is Brc1cc2c(cc1Br)C1OC2C2CC12. The van der Waals surface area contributed by atoms with Crippen LogP contribution >= 0.6 is 31.9 Å². The van der Waals surface area contributed by atoms with E-state index in [-0.39, 0.29) is 0 Å². The molecule has 2 fully saturated rings. The van der Waals surface area contributed by atoms with Crippen molar-refractivity contribution in [2.45, 2.75) is 18.6 Å². The summed E-state index contributed by atoms with van der Waals surface area (Å²) in [6, 6.07) is 4.44. The van der Waals surface area contributed by atoms with Crippen molar-refractivity contribution in [2.24, 2.45) is 11.8 Å². The Bertz CT molecular complexity index is 404. The van der Waals surface area contributed by atoms with Crippen LogP contribution in [0.3, 0.4) is 0 Å². The molecule has 1 saturated carbocycles. The molecule has 4 rings (SSSR count). The molecule has 1 aromatic carbocycles. The van der Waals surface area contributed by atoms with Crippen LogP contribution in [0.5, 0.6) is 0 Å². The molecule has 1 aromatic rings. The minimum absolute atomic E-state index is 0.407. The Hall–Kier alpha value is 0.140. The highest BCUT2D eigenvalue weighted by molar-refractivity contribution is 9.13. The van der Waals surface area contributed by atoms with Gasteiger partial charge in [0.15, 0.2) is 0 Å². The van der Waals surface area contributed by atoms with Crippen LogP contribution in [0.2, 0.25) is 0 Å². The van der Waals surface area contributed by atoms with E-state index in [1.807, 2.05) is 0 Å². The standard InChI is InChI=1S/C11H8Br2O/c12-8-2-6-7(3-9(8)13)11-5-1-4(5)10(6)14-11/h2-5,10-11H,1H2. The summed E-state index contributed by atoms with van der Waals surface area (Å²) in [6.07, 6.45) is 2.19. The van der Waals surface area contributed by atoms with E-state index in [0.717, 1.165) is 20.8 Å². The number of fused-ring (bicyclic) bond motifs is 8. The molecule has 0 amide bonds. The van der Waals surface area contributed by atoms with Gasteiger partial charge in [0, 0.05) is 8.95 Å². The first kappa shape index (κ1) is 8.31. The second-order valence-corrected chi connectivity index (χ2v) is 6.14. The summed E-state index contributed by atoms with van der Waals surface area (Å²) >= 11 is 7.10. The molecule has 2 aliphatic heterocycles. The lowest BCUT2D eigenvalue weighted by atomic mass is 9.92. The maximum absolute atomic E-state index is 5.97. The van der Waals surface area contributed by atoms with Crippen LogP contribution < -0.4 is 0 Å². The van der Waals surface area contributed by atoms with Gasteiger partial charge in [-0.15, -0.1) is 0 Å². The van der Waals surface area contributed by atoms with Crippen LogP contribution in [0.1, 0.15) is 29.8 Å². The van der Waals surface area contributed by atoms with Gasteiger partial charge in [-0.1, -0.05) is 0 Å². The Labute approximate surface area is 99.1 Å². The fourth-order valence-corrected chi connectivity index (χ4v) is 3.69. The van der Waals surface area contributed by atoms with Crippen molar-refractivity contribution >= 4 is 31.9 Å². The molecule has 0 spiro atoms. The average Bonchev–Trinajstić information content (AvgIpc) is 2.79. The van der Waals surface area contributed by atoms with Crippen molar-refractivity contribution in [1.29, 1.82) is 0 Å². The molecule has 2 bridgehead atoms. The molecular formula is C11H8Br2O. The molecule has 1 saturated heterocycles. The third-order valence-electron chi connectivity index (χ3n) is 3.70. The highest BCUT2D eigenvalue weighted by atomic mass is 79.9. The van der Waals surface area contributed by atoms with Gasteiger partial charge in [-0.05, 0) is 73.4 Å². The second kappa shape index (κ2) is 2.45. The van der Waals surface area contributed by atoms with Crippen molar-refractivity contribution in [3.05, 3.63) is 32.2 Å². The predicted molar refractivity (Wildman–Crippen MR) is 60.0 cm³/mol. The van der Waals surface area contributed by atoms with Gasteiger partial charge >= 0.3 is 0 Å². The maximum atomic E-state index is 5.97. The maximum Gasteiger partial charge on any atom is 0.0869 e. The summed E-state index contributed by atoms with van der Waals surface area (Å²) in [7, 11) is 0. The molecule has 0 N–H and O–H groups in total. The topological polar surface area (TPSA) is 9.23 Å². The molecule has 0 radical (unpaired) electrons. The quantitative estimate of drug-likeness (QED) is 0.704. The third kappa shape index (κ3) is 0.848. The number of hydrogen-bond acceptors (Lipinski definition) is 1. The summed E-state index contributed by atoms with van der Waals surface area (Å²) in [5.74, 6) is 1.67. The lowest BCUT2D eigenvalue weighted by Gasteiger charge is -2.11. The van der Waals surface area contributed by atoms with Crippen molar-refractivity contribution < 1.29 is 4.74 Å². The van der Waals surface area contributed by atoms with Gasteiger partial charge in [0.1, 0.15) is 0 Å². The van der Waals surface area contributed by atoms with Crippen LogP contribution in [-0.2, 0) is 4.74 Å². The molecule has 72 valence electrons. The first-order chi connectivity index (χ1) is 6.75. The molecule has 1 aliphatic carbocycles. The number of benzene rings is 1. The third-order valence-corrected chi connectivity index (χ3v) is 5.55. The van der Waals surface area contributed by atoms with Crippen molar-refractivity contribution in [3.8, 4) is 0 Å². The Balaban J connectivity index is 1.97. The summed E-state index contributed by atoms with van der Waals surface area (Å²) in [5, 5.41) is 0. The van der Waals surface area contributed by atoms with E-state index in [9.17, 15) is 0 Å². The van der Waals surface area contributed by atoms with Gasteiger partial charge in [-0.3, -0.25) is 0 Å². The Kier molecular flexibility index (Phi) is 1.45. The van der Waals surface area contributed by atoms with Crippen LogP contribution in [0.15, 0.2) is 21.1 Å². The predicted octanol–water partition coefficient (Wildman–Crippen LogP) is 3.97. The molecule has 2 heterocycles. The molecule has 4 unspecified atom stereocenters. The molecule has 1 nitrogen and oxygen atoms in total. The minimum atomic E-state index is 0.407. The lowest BCUT2D eigenvalue weighted by molar-refractivity contribution is 0.0392. The van der Waals surface area contributed by atoms with E-state index in [1.54, 1.807) is 0 Å². The van der Waals surface area contributed by atoms with E-state index < -0.39 is 0 Å². The normalized spacial score (nSPS) is 41.0. The largest absolute Gasteiger partial charge is 0.365 e. The summed E-state index contributed by atoms with van der Waals surface area (Å²) in [5.41, 5.74) is 2.84. The number of ether oxygens (including phenoxy) is 1. The van der Waals surface area contributed by atoms with Crippen molar-refractivity contribution in [1.82, 2.24) is 0 Å². The van der Waals surface area contributed by atoms with Gasteiger partial charge in [0.05, 0.1) is 12.2 Å². The second-order valence-electron chi connectivity index (χ2n) is 4.44. The lowest BCUT2D eigenvalue weighted by Crippen LogP contribution is -2.00. The summed E-state index contributed by atoms with van der Waals surface area (Å²) in [4.78, 5) is 0. The van der Waals surface area contributed by atoms with Gasteiger partial charge in [0.2, 0.25) is 0 Å². The Morgan fingerprint density at radius 2 is 1.50 bits per heavy atom. The van der Waals surface area contributed by atoms with E-state index in [2.05, 4.69) is 44.0 Å². The van der Waals surface area contributed by atoms with E-state index >= 15 is 0 Å². The van der Waals surface area contributed by atoms with Crippen LogP contribution in [0.25, 0.3) is 0 Å². The molecule has 3 aliphatic rings. The van der Waals surface area contributed by atoms with Gasteiger partial charge in [-0.2, -0.15) is 0 Å². The molecular weight excluding hydrogens is 308 g/mol. The van der Waals surface area contributed by atoms with Crippen molar-refractivity contribution in [2.75, 3.05) is 0 Å². The van der Waals surface area contributed by atoms with Gasteiger partial charge < -0.3 is 4.74 Å². The zero-order valence-electron chi connectivity index (χ0n) is 7.34. The Morgan fingerprint density at radius 3 is 2.00 bits per heavy atom. The van der Waals surface area contributed by atoms with Crippen LogP contribution in [0, 0.1) is 11.8 Å². The number of rotatable bonds is 0. The molecule has 3 heteroatoms. The Morgan fingerprint density at radius 1 is 1.00 bits per heavy atom. The average molecular weight is 316 g/mol. The number of hydrogen-bond donors (Lipinski definition) is 0. The van der Waals surface area contributed by atoms with E-state index in [1.165, 1.54) is 17.5 Å². The van der Waals surface area contributed by atoms with Gasteiger partial charge in [0.25, 0.3) is 0 Å². The molecule has 4 atom stereocenters. The molecule has 0 aromatic heterocycles.